The normalized spacial score (nSPS) is 10.2. The Bertz CT molecular complexity index is 1340. The van der Waals surface area contributed by atoms with Gasteiger partial charge in [0.1, 0.15) is 34.1 Å². The lowest BCUT2D eigenvalue weighted by atomic mass is 10.0. The number of hydrogen-bond acceptors (Lipinski definition) is 4. The minimum atomic E-state index is -0.994. The number of para-hydroxylation sites is 4. The maximum absolute atomic E-state index is 11.5. The fourth-order valence-electron chi connectivity index (χ4n) is 4.12. The van der Waals surface area contributed by atoms with Crippen molar-refractivity contribution in [3.8, 4) is 23.0 Å². The molecule has 0 heterocycles. The summed E-state index contributed by atoms with van der Waals surface area (Å²) >= 11 is 0. The largest absolute Gasteiger partial charge is 0.478 e. The Labute approximate surface area is 235 Å². The number of aryl methyl sites for hydroxylation is 1. The van der Waals surface area contributed by atoms with Gasteiger partial charge in [-0.05, 0) is 60.9 Å². The van der Waals surface area contributed by atoms with Gasteiger partial charge in [0.15, 0.2) is 0 Å². The highest BCUT2D eigenvalue weighted by Crippen LogP contribution is 2.31. The Morgan fingerprint density at radius 1 is 0.575 bits per heavy atom. The van der Waals surface area contributed by atoms with Crippen LogP contribution in [0.25, 0.3) is 0 Å². The quantitative estimate of drug-likeness (QED) is 0.164. The molecule has 0 unspecified atom stereocenters. The van der Waals surface area contributed by atoms with E-state index in [1.807, 2.05) is 54.6 Å². The van der Waals surface area contributed by atoms with Crippen molar-refractivity contribution >= 4 is 11.9 Å². The molecule has 0 aromatic heterocycles. The standard InChI is InChI=1S/C21H26O3.C13H10O3/c1-2-3-4-5-6-8-12-17-13-11-16-19(21(22)23)20(17)24-18-14-9-7-10-15-18;14-13(15)11-8-4-5-9-12(11)16-10-6-2-1-3-7-10/h7,9-11,13-16H,2-6,8,12H2,1H3,(H,22,23);1-9H,(H,14,15). The van der Waals surface area contributed by atoms with Crippen molar-refractivity contribution in [2.75, 3.05) is 0 Å². The molecule has 4 aromatic rings. The molecule has 0 bridgehead atoms. The molecule has 0 saturated carbocycles. The Morgan fingerprint density at radius 2 is 1.10 bits per heavy atom. The molecule has 4 rings (SSSR count). The zero-order valence-corrected chi connectivity index (χ0v) is 22.8. The van der Waals surface area contributed by atoms with E-state index in [-0.39, 0.29) is 11.1 Å². The maximum Gasteiger partial charge on any atom is 0.339 e. The molecule has 2 N–H and O–H groups in total. The third-order valence-corrected chi connectivity index (χ3v) is 6.18. The van der Waals surface area contributed by atoms with E-state index in [2.05, 4.69) is 6.92 Å². The number of carboxylic acid groups (broad SMARTS) is 2. The van der Waals surface area contributed by atoms with E-state index in [1.54, 1.807) is 42.5 Å². The van der Waals surface area contributed by atoms with E-state index >= 15 is 0 Å². The number of unbranched alkanes of at least 4 members (excludes halogenated alkanes) is 5. The molecular weight excluding hydrogens is 504 g/mol. The fourth-order valence-corrected chi connectivity index (χ4v) is 4.12. The van der Waals surface area contributed by atoms with Crippen LogP contribution in [0.4, 0.5) is 0 Å². The van der Waals surface area contributed by atoms with E-state index in [0.717, 1.165) is 18.4 Å². The summed E-state index contributed by atoms with van der Waals surface area (Å²) in [6.07, 6.45) is 8.11. The molecule has 4 aromatic carbocycles. The van der Waals surface area contributed by atoms with E-state index < -0.39 is 11.9 Å². The second kappa shape index (κ2) is 16.4. The third-order valence-electron chi connectivity index (χ3n) is 6.18. The Morgan fingerprint density at radius 3 is 1.73 bits per heavy atom. The van der Waals surface area contributed by atoms with E-state index in [9.17, 15) is 14.7 Å². The highest BCUT2D eigenvalue weighted by molar-refractivity contribution is 5.91. The molecule has 0 amide bonds. The molecule has 6 heteroatoms. The fraction of sp³-hybridized carbons (Fsp3) is 0.235. The van der Waals surface area contributed by atoms with E-state index in [0.29, 0.717) is 23.0 Å². The average molecular weight is 541 g/mol. The molecule has 0 aliphatic rings. The van der Waals surface area contributed by atoms with Gasteiger partial charge in [0.25, 0.3) is 0 Å². The van der Waals surface area contributed by atoms with Crippen molar-refractivity contribution in [3.05, 3.63) is 120 Å². The Hall–Kier alpha value is -4.58. The number of ether oxygens (including phenoxy) is 2. The van der Waals surface area contributed by atoms with Gasteiger partial charge in [-0.2, -0.15) is 0 Å². The van der Waals surface area contributed by atoms with Crippen LogP contribution >= 0.6 is 0 Å². The lowest BCUT2D eigenvalue weighted by Gasteiger charge is -2.14. The van der Waals surface area contributed by atoms with Crippen LogP contribution in [-0.4, -0.2) is 22.2 Å². The van der Waals surface area contributed by atoms with Crippen molar-refractivity contribution in [1.29, 1.82) is 0 Å². The molecule has 40 heavy (non-hydrogen) atoms. The molecule has 6 nitrogen and oxygen atoms in total. The molecule has 0 aliphatic carbocycles. The summed E-state index contributed by atoms with van der Waals surface area (Å²) < 4.78 is 11.4. The molecule has 208 valence electrons. The van der Waals surface area contributed by atoms with Gasteiger partial charge in [-0.15, -0.1) is 0 Å². The first-order valence-corrected chi connectivity index (χ1v) is 13.6. The number of rotatable bonds is 13. The molecule has 0 saturated heterocycles. The predicted octanol–water partition coefficient (Wildman–Crippen LogP) is 9.26. The van der Waals surface area contributed by atoms with Crippen molar-refractivity contribution in [3.63, 3.8) is 0 Å². The molecular formula is C34H36O6. The van der Waals surface area contributed by atoms with Crippen LogP contribution in [0, 0.1) is 0 Å². The van der Waals surface area contributed by atoms with Gasteiger partial charge in [0.2, 0.25) is 0 Å². The summed E-state index contributed by atoms with van der Waals surface area (Å²) in [5, 5.41) is 18.4. The molecule has 0 atom stereocenters. The summed E-state index contributed by atoms with van der Waals surface area (Å²) in [6.45, 7) is 2.21. The molecule has 0 radical (unpaired) electrons. The second-order valence-electron chi connectivity index (χ2n) is 9.25. The summed E-state index contributed by atoms with van der Waals surface area (Å²) in [4.78, 5) is 22.5. The molecule has 0 spiro atoms. The van der Waals surface area contributed by atoms with Crippen LogP contribution in [-0.2, 0) is 6.42 Å². The van der Waals surface area contributed by atoms with Gasteiger partial charge in [-0.3, -0.25) is 0 Å². The zero-order chi connectivity index (χ0) is 28.6. The SMILES string of the molecule is CCCCCCCCc1cccc(C(=O)O)c1Oc1ccccc1.O=C(O)c1ccccc1Oc1ccccc1. The van der Waals surface area contributed by atoms with Crippen LogP contribution in [0.5, 0.6) is 23.0 Å². The summed E-state index contributed by atoms with van der Waals surface area (Å²) in [7, 11) is 0. The van der Waals surface area contributed by atoms with Crippen LogP contribution in [0.3, 0.4) is 0 Å². The van der Waals surface area contributed by atoms with Crippen molar-refractivity contribution in [2.45, 2.75) is 51.9 Å². The van der Waals surface area contributed by atoms with E-state index in [1.165, 1.54) is 38.2 Å². The zero-order valence-electron chi connectivity index (χ0n) is 22.8. The van der Waals surface area contributed by atoms with Crippen LogP contribution in [0.15, 0.2) is 103 Å². The second-order valence-corrected chi connectivity index (χ2v) is 9.25. The summed E-state index contributed by atoms with van der Waals surface area (Å²) in [6, 6.07) is 30.4. The predicted molar refractivity (Wildman–Crippen MR) is 157 cm³/mol. The summed E-state index contributed by atoms with van der Waals surface area (Å²) in [5.41, 5.74) is 1.35. The van der Waals surface area contributed by atoms with Crippen LogP contribution < -0.4 is 9.47 Å². The first kappa shape index (κ1) is 30.0. The number of benzene rings is 4. The minimum absolute atomic E-state index is 0.159. The number of carboxylic acids is 2. The van der Waals surface area contributed by atoms with Gasteiger partial charge in [-0.25, -0.2) is 9.59 Å². The van der Waals surface area contributed by atoms with E-state index in [4.69, 9.17) is 14.6 Å². The Balaban J connectivity index is 0.000000238. The smallest absolute Gasteiger partial charge is 0.339 e. The number of hydrogen-bond donors (Lipinski definition) is 2. The van der Waals surface area contributed by atoms with Crippen molar-refractivity contribution in [1.82, 2.24) is 0 Å². The van der Waals surface area contributed by atoms with Crippen LogP contribution in [0.2, 0.25) is 0 Å². The van der Waals surface area contributed by atoms with Gasteiger partial charge < -0.3 is 19.7 Å². The van der Waals surface area contributed by atoms with Crippen molar-refractivity contribution < 1.29 is 29.3 Å². The molecule has 0 aliphatic heterocycles. The number of aromatic carboxylic acids is 2. The van der Waals surface area contributed by atoms with Gasteiger partial charge in [-0.1, -0.05) is 99.7 Å². The first-order chi connectivity index (χ1) is 19.5. The average Bonchev–Trinajstić information content (AvgIpc) is 2.97. The lowest BCUT2D eigenvalue weighted by Crippen LogP contribution is -2.03. The Kier molecular flexibility index (Phi) is 12.3. The highest BCUT2D eigenvalue weighted by atomic mass is 16.5. The van der Waals surface area contributed by atoms with Crippen molar-refractivity contribution in [2.24, 2.45) is 0 Å². The third kappa shape index (κ3) is 9.62. The monoisotopic (exact) mass is 540 g/mol. The first-order valence-electron chi connectivity index (χ1n) is 13.6. The highest BCUT2D eigenvalue weighted by Gasteiger charge is 2.16. The van der Waals surface area contributed by atoms with Gasteiger partial charge >= 0.3 is 11.9 Å². The van der Waals surface area contributed by atoms with Gasteiger partial charge in [0, 0.05) is 0 Å². The summed E-state index contributed by atoms with van der Waals surface area (Å²) in [5.74, 6) is 0.162. The lowest BCUT2D eigenvalue weighted by molar-refractivity contribution is 0.0683. The minimum Gasteiger partial charge on any atom is -0.478 e. The number of carbonyl (C=O) groups is 2. The van der Waals surface area contributed by atoms with Gasteiger partial charge in [0.05, 0.1) is 0 Å². The maximum atomic E-state index is 11.5. The molecule has 0 fully saturated rings. The van der Waals surface area contributed by atoms with Crippen LogP contribution in [0.1, 0.15) is 71.7 Å². The topological polar surface area (TPSA) is 93.1 Å².